The van der Waals surface area contributed by atoms with Crippen molar-refractivity contribution in [1.29, 1.82) is 0 Å². The lowest BCUT2D eigenvalue weighted by Gasteiger charge is -2.06. The smallest absolute Gasteiger partial charge is 0.313 e. The number of aryl methyl sites for hydroxylation is 1. The van der Waals surface area contributed by atoms with Gasteiger partial charge in [0, 0.05) is 24.0 Å². The monoisotopic (exact) mass is 250 g/mol. The zero-order chi connectivity index (χ0) is 12.3. The van der Waals surface area contributed by atoms with Gasteiger partial charge in [0.05, 0.1) is 0 Å². The molecular weight excluding hydrogens is 240 g/mol. The summed E-state index contributed by atoms with van der Waals surface area (Å²) >= 11 is 5.76. The quantitative estimate of drug-likeness (QED) is 0.841. The molecule has 2 aromatic rings. The molecule has 1 heterocycles. The third-order valence-electron chi connectivity index (χ3n) is 2.25. The van der Waals surface area contributed by atoms with Gasteiger partial charge in [0.2, 0.25) is 0 Å². The van der Waals surface area contributed by atoms with Gasteiger partial charge in [0.15, 0.2) is 0 Å². The van der Waals surface area contributed by atoms with Crippen LogP contribution in [0.15, 0.2) is 41.5 Å². The molecule has 0 aliphatic rings. The van der Waals surface area contributed by atoms with Crippen LogP contribution in [0.1, 0.15) is 6.92 Å². The van der Waals surface area contributed by atoms with E-state index in [-0.39, 0.29) is 11.4 Å². The Balaban J connectivity index is 2.30. The van der Waals surface area contributed by atoms with Gasteiger partial charge >= 0.3 is 5.56 Å². The third-order valence-corrected chi connectivity index (χ3v) is 2.50. The Kier molecular flexibility index (Phi) is 3.44. The fourth-order valence-corrected chi connectivity index (χ4v) is 1.49. The summed E-state index contributed by atoms with van der Waals surface area (Å²) in [5.41, 5.74) is -0.245. The second-order valence-corrected chi connectivity index (χ2v) is 3.82. The van der Waals surface area contributed by atoms with Crippen LogP contribution in [0.2, 0.25) is 5.02 Å². The van der Waals surface area contributed by atoms with E-state index in [4.69, 9.17) is 16.3 Å². The summed E-state index contributed by atoms with van der Waals surface area (Å²) in [7, 11) is 0. The molecule has 0 saturated heterocycles. The molecule has 0 radical (unpaired) electrons. The Bertz CT molecular complexity index is 563. The Morgan fingerprint density at radius 2 is 2.06 bits per heavy atom. The fraction of sp³-hybridized carbons (Fsp3) is 0.167. The van der Waals surface area contributed by atoms with E-state index in [2.05, 4.69) is 4.98 Å². The molecule has 0 saturated carbocycles. The van der Waals surface area contributed by atoms with Crippen LogP contribution in [0.25, 0.3) is 0 Å². The van der Waals surface area contributed by atoms with E-state index in [1.54, 1.807) is 30.5 Å². The molecule has 4 nitrogen and oxygen atoms in total. The maximum atomic E-state index is 11.8. The van der Waals surface area contributed by atoms with Crippen molar-refractivity contribution >= 4 is 11.6 Å². The first kappa shape index (κ1) is 11.7. The van der Waals surface area contributed by atoms with Crippen molar-refractivity contribution in [1.82, 2.24) is 9.55 Å². The second kappa shape index (κ2) is 5.01. The molecule has 2 rings (SSSR count). The van der Waals surface area contributed by atoms with Crippen molar-refractivity contribution in [3.63, 3.8) is 0 Å². The first-order valence-corrected chi connectivity index (χ1v) is 5.57. The van der Waals surface area contributed by atoms with Crippen LogP contribution >= 0.6 is 11.6 Å². The van der Waals surface area contributed by atoms with E-state index >= 15 is 0 Å². The number of halogens is 1. The molecule has 0 amide bonds. The molecule has 0 aliphatic heterocycles. The van der Waals surface area contributed by atoms with Gasteiger partial charge in [-0.15, -0.1) is 0 Å². The molecule has 0 fully saturated rings. The van der Waals surface area contributed by atoms with Crippen LogP contribution in [0.5, 0.6) is 11.6 Å². The van der Waals surface area contributed by atoms with Gasteiger partial charge in [-0.3, -0.25) is 4.79 Å². The van der Waals surface area contributed by atoms with Crippen LogP contribution in [-0.2, 0) is 6.54 Å². The van der Waals surface area contributed by atoms with Crippen molar-refractivity contribution in [2.75, 3.05) is 0 Å². The van der Waals surface area contributed by atoms with E-state index in [9.17, 15) is 4.79 Å². The highest BCUT2D eigenvalue weighted by molar-refractivity contribution is 6.30. The molecule has 17 heavy (non-hydrogen) atoms. The van der Waals surface area contributed by atoms with E-state index in [1.807, 2.05) is 6.92 Å². The van der Waals surface area contributed by atoms with Crippen molar-refractivity contribution in [3.8, 4) is 11.6 Å². The molecule has 1 aromatic carbocycles. The van der Waals surface area contributed by atoms with Gasteiger partial charge in [0.25, 0.3) is 5.88 Å². The van der Waals surface area contributed by atoms with Gasteiger partial charge in [0.1, 0.15) is 5.75 Å². The molecule has 0 aliphatic carbocycles. The fourth-order valence-electron chi connectivity index (χ4n) is 1.36. The maximum Gasteiger partial charge on any atom is 0.313 e. The first-order chi connectivity index (χ1) is 8.20. The maximum absolute atomic E-state index is 11.8. The SMILES string of the molecule is CCn1ccnc(Oc2ccc(Cl)cc2)c1=O. The first-order valence-electron chi connectivity index (χ1n) is 5.19. The van der Waals surface area contributed by atoms with E-state index in [0.29, 0.717) is 17.3 Å². The van der Waals surface area contributed by atoms with Gasteiger partial charge in [-0.05, 0) is 31.2 Å². The van der Waals surface area contributed by atoms with E-state index in [1.165, 1.54) is 10.8 Å². The van der Waals surface area contributed by atoms with Crippen LogP contribution < -0.4 is 10.3 Å². The highest BCUT2D eigenvalue weighted by Crippen LogP contribution is 2.19. The Hall–Kier alpha value is -1.81. The third kappa shape index (κ3) is 2.65. The summed E-state index contributed by atoms with van der Waals surface area (Å²) in [6.07, 6.45) is 3.16. The van der Waals surface area contributed by atoms with Crippen molar-refractivity contribution < 1.29 is 4.74 Å². The zero-order valence-corrected chi connectivity index (χ0v) is 10.0. The van der Waals surface area contributed by atoms with Crippen LogP contribution in [-0.4, -0.2) is 9.55 Å². The predicted octanol–water partition coefficient (Wildman–Crippen LogP) is 2.71. The lowest BCUT2D eigenvalue weighted by Crippen LogP contribution is -2.20. The van der Waals surface area contributed by atoms with Crippen molar-refractivity contribution in [2.45, 2.75) is 13.5 Å². The molecule has 0 unspecified atom stereocenters. The van der Waals surface area contributed by atoms with Crippen LogP contribution in [0, 0.1) is 0 Å². The topological polar surface area (TPSA) is 44.1 Å². The molecule has 1 aromatic heterocycles. The number of rotatable bonds is 3. The molecule has 5 heteroatoms. The molecule has 88 valence electrons. The van der Waals surface area contributed by atoms with E-state index < -0.39 is 0 Å². The Morgan fingerprint density at radius 1 is 1.35 bits per heavy atom. The average molecular weight is 251 g/mol. The highest BCUT2D eigenvalue weighted by Gasteiger charge is 2.06. The summed E-state index contributed by atoms with van der Waals surface area (Å²) < 4.78 is 6.93. The van der Waals surface area contributed by atoms with E-state index in [0.717, 1.165) is 0 Å². The lowest BCUT2D eigenvalue weighted by molar-refractivity contribution is 0.445. The minimum Gasteiger partial charge on any atom is -0.435 e. The van der Waals surface area contributed by atoms with Crippen LogP contribution in [0.3, 0.4) is 0 Å². The minimum absolute atomic E-state index is 0.0664. The number of hydrogen-bond acceptors (Lipinski definition) is 3. The average Bonchev–Trinajstić information content (AvgIpc) is 2.35. The number of aromatic nitrogens is 2. The van der Waals surface area contributed by atoms with Gasteiger partial charge in [-0.25, -0.2) is 4.98 Å². The summed E-state index contributed by atoms with van der Waals surface area (Å²) in [5, 5.41) is 0.615. The Morgan fingerprint density at radius 3 is 2.71 bits per heavy atom. The number of ether oxygens (including phenoxy) is 1. The predicted molar refractivity (Wildman–Crippen MR) is 65.7 cm³/mol. The van der Waals surface area contributed by atoms with Gasteiger partial charge in [-0.2, -0.15) is 0 Å². The minimum atomic E-state index is -0.245. The molecule has 0 bridgehead atoms. The second-order valence-electron chi connectivity index (χ2n) is 3.38. The summed E-state index contributed by atoms with van der Waals surface area (Å²) in [5.74, 6) is 0.601. The van der Waals surface area contributed by atoms with Crippen molar-refractivity contribution in [3.05, 3.63) is 52.0 Å². The molecule has 0 N–H and O–H groups in total. The largest absolute Gasteiger partial charge is 0.435 e. The zero-order valence-electron chi connectivity index (χ0n) is 9.26. The van der Waals surface area contributed by atoms with Gasteiger partial charge < -0.3 is 9.30 Å². The van der Waals surface area contributed by atoms with Crippen molar-refractivity contribution in [2.24, 2.45) is 0 Å². The summed E-state index contributed by atoms with van der Waals surface area (Å²) in [6.45, 7) is 2.46. The lowest BCUT2D eigenvalue weighted by atomic mass is 10.3. The number of hydrogen-bond donors (Lipinski definition) is 0. The standard InChI is InChI=1S/C12H11ClN2O2/c1-2-15-8-7-14-11(12(15)16)17-10-5-3-9(13)4-6-10/h3-8H,2H2,1H3. The summed E-state index contributed by atoms with van der Waals surface area (Å²) in [4.78, 5) is 15.7. The Labute approximate surface area is 103 Å². The number of benzene rings is 1. The summed E-state index contributed by atoms with van der Waals surface area (Å²) in [6, 6.07) is 6.76. The normalized spacial score (nSPS) is 10.2. The van der Waals surface area contributed by atoms with Crippen LogP contribution in [0.4, 0.5) is 0 Å². The molecule has 0 atom stereocenters. The number of nitrogens with zero attached hydrogens (tertiary/aromatic N) is 2. The highest BCUT2D eigenvalue weighted by atomic mass is 35.5. The molecule has 0 spiro atoms. The molecular formula is C12H11ClN2O2. The van der Waals surface area contributed by atoms with Gasteiger partial charge in [-0.1, -0.05) is 11.6 Å².